The second kappa shape index (κ2) is 19.1. The molecule has 0 bridgehead atoms. The molecule has 0 fully saturated rings. The summed E-state index contributed by atoms with van der Waals surface area (Å²) in [5, 5.41) is 26.3. The van der Waals surface area contributed by atoms with Crippen molar-refractivity contribution in [2.24, 2.45) is 11.5 Å². The van der Waals surface area contributed by atoms with E-state index >= 15 is 0 Å². The van der Waals surface area contributed by atoms with Gasteiger partial charge in [-0.15, -0.1) is 11.3 Å². The number of ether oxygens (including phenoxy) is 2. The van der Waals surface area contributed by atoms with Crippen LogP contribution in [0.15, 0.2) is 58.9 Å². The van der Waals surface area contributed by atoms with E-state index in [1.807, 2.05) is 29.6 Å². The number of pyridine rings is 1. The number of aromatic nitrogens is 2. The van der Waals surface area contributed by atoms with Crippen LogP contribution in [-0.2, 0) is 20.1 Å². The van der Waals surface area contributed by atoms with E-state index in [1.165, 1.54) is 23.1 Å². The third-order valence-electron chi connectivity index (χ3n) is 6.11. The summed E-state index contributed by atoms with van der Waals surface area (Å²) in [5.41, 5.74) is 19.4. The van der Waals surface area contributed by atoms with Gasteiger partial charge in [-0.05, 0) is 29.8 Å². The van der Waals surface area contributed by atoms with Gasteiger partial charge >= 0.3 is 5.97 Å². The van der Waals surface area contributed by atoms with E-state index in [0.717, 1.165) is 16.3 Å². The third-order valence-corrected chi connectivity index (χ3v) is 8.32. The molecule has 7 N–H and O–H groups in total. The van der Waals surface area contributed by atoms with Gasteiger partial charge in [-0.25, -0.2) is 9.97 Å². The van der Waals surface area contributed by atoms with Gasteiger partial charge in [0.25, 0.3) is 0 Å². The van der Waals surface area contributed by atoms with Crippen LogP contribution < -0.4 is 27.3 Å². The maximum atomic E-state index is 11.2. The van der Waals surface area contributed by atoms with Crippen molar-refractivity contribution in [2.75, 3.05) is 38.6 Å². The van der Waals surface area contributed by atoms with E-state index < -0.39 is 0 Å². The van der Waals surface area contributed by atoms with Gasteiger partial charge in [-0.3, -0.25) is 9.59 Å². The molecule has 1 amide bonds. The number of benzene rings is 2. The Morgan fingerprint density at radius 3 is 2.30 bits per heavy atom. The van der Waals surface area contributed by atoms with Crippen LogP contribution in [0.4, 0.5) is 5.82 Å². The summed E-state index contributed by atoms with van der Waals surface area (Å²) in [6, 6.07) is 18.7. The zero-order chi connectivity index (χ0) is 34.2. The van der Waals surface area contributed by atoms with Crippen molar-refractivity contribution >= 4 is 52.4 Å². The zero-order valence-corrected chi connectivity index (χ0v) is 27.9. The van der Waals surface area contributed by atoms with E-state index in [0.29, 0.717) is 52.2 Å². The molecule has 244 valence electrons. The number of nitriles is 2. The first kappa shape index (κ1) is 36.8. The summed E-state index contributed by atoms with van der Waals surface area (Å²) in [5.74, 6) is 0.622. The maximum absolute atomic E-state index is 11.2. The van der Waals surface area contributed by atoms with Crippen molar-refractivity contribution in [3.63, 3.8) is 0 Å². The molecular weight excluding hydrogens is 660 g/mol. The topological polar surface area (TPSA) is 216 Å². The number of nitrogens with two attached hydrogens (primary N) is 3. The molecule has 2 aromatic heterocycles. The fraction of sp³-hybridized carbons (Fsp3) is 0.250. The van der Waals surface area contributed by atoms with Gasteiger partial charge in [-0.1, -0.05) is 54.6 Å². The fourth-order valence-electron chi connectivity index (χ4n) is 3.85. The quantitative estimate of drug-likeness (QED) is 0.0866. The number of amides is 1. The number of nitrogen functional groups attached to an aromatic ring is 1. The molecule has 0 saturated carbocycles. The summed E-state index contributed by atoms with van der Waals surface area (Å²) >= 11 is 8.83. The van der Waals surface area contributed by atoms with Crippen LogP contribution in [0.5, 0.6) is 5.75 Å². The molecule has 0 aliphatic carbocycles. The lowest BCUT2D eigenvalue weighted by Gasteiger charge is -2.13. The lowest BCUT2D eigenvalue weighted by molar-refractivity contribution is -0.144. The van der Waals surface area contributed by atoms with E-state index in [4.69, 9.17) is 43.3 Å². The second-order valence-corrected chi connectivity index (χ2v) is 11.6. The van der Waals surface area contributed by atoms with Crippen LogP contribution in [0.3, 0.4) is 0 Å². The number of halogens is 1. The van der Waals surface area contributed by atoms with Gasteiger partial charge in [-0.2, -0.15) is 10.5 Å². The van der Waals surface area contributed by atoms with Gasteiger partial charge < -0.3 is 32.0 Å². The van der Waals surface area contributed by atoms with E-state index in [9.17, 15) is 20.1 Å². The molecule has 0 aliphatic heterocycles. The predicted octanol–water partition coefficient (Wildman–Crippen LogP) is 4.50. The van der Waals surface area contributed by atoms with Crippen LogP contribution >= 0.6 is 34.7 Å². The number of hydrogen-bond acceptors (Lipinski definition) is 13. The van der Waals surface area contributed by atoms with Crippen molar-refractivity contribution in [2.45, 2.75) is 24.1 Å². The van der Waals surface area contributed by atoms with Crippen molar-refractivity contribution in [3.8, 4) is 39.6 Å². The average molecular weight is 693 g/mol. The number of anilines is 1. The smallest absolute Gasteiger partial charge is 0.305 e. The summed E-state index contributed by atoms with van der Waals surface area (Å²) in [6.45, 7) is 3.09. The Bertz CT molecular complexity index is 1740. The number of thioether (sulfide) groups is 1. The number of hydrogen-bond donors (Lipinski definition) is 4. The Morgan fingerprint density at radius 1 is 1.00 bits per heavy atom. The minimum atomic E-state index is -0.289. The van der Waals surface area contributed by atoms with E-state index in [-0.39, 0.29) is 48.6 Å². The minimum Gasteiger partial charge on any atom is -0.490 e. The number of carbonyl (C=O) groups is 2. The Hall–Kier alpha value is -4.70. The van der Waals surface area contributed by atoms with Crippen LogP contribution in [0.1, 0.15) is 30.2 Å². The first-order valence-electron chi connectivity index (χ1n) is 14.3. The van der Waals surface area contributed by atoms with Crippen LogP contribution in [0.25, 0.3) is 21.7 Å². The lowest BCUT2D eigenvalue weighted by Crippen LogP contribution is -2.33. The van der Waals surface area contributed by atoms with Crippen LogP contribution in [0.2, 0.25) is 5.02 Å². The number of rotatable bonds is 13. The summed E-state index contributed by atoms with van der Waals surface area (Å²) in [6.07, 6.45) is 0.306. The SMILES string of the molecule is CCC(=O)OCCOc1ccc(-c2c(C#N)c(N)nc(SCc3csc(-c4ccc(Cl)cc4)n3)c2C#N)cc1.NCCNC(=O)CN. The van der Waals surface area contributed by atoms with Gasteiger partial charge in [0, 0.05) is 46.8 Å². The highest BCUT2D eigenvalue weighted by Gasteiger charge is 2.21. The number of nitrogens with zero attached hydrogens (tertiary/aromatic N) is 4. The molecule has 12 nitrogen and oxygen atoms in total. The Morgan fingerprint density at radius 2 is 1.68 bits per heavy atom. The number of esters is 1. The number of nitrogens with one attached hydrogen (secondary N) is 1. The van der Waals surface area contributed by atoms with Crippen LogP contribution in [-0.4, -0.2) is 54.7 Å². The lowest BCUT2D eigenvalue weighted by atomic mass is 9.97. The summed E-state index contributed by atoms with van der Waals surface area (Å²) in [4.78, 5) is 30.6. The highest BCUT2D eigenvalue weighted by atomic mass is 35.5. The van der Waals surface area contributed by atoms with Crippen molar-refractivity contribution < 1.29 is 19.1 Å². The Labute approximate surface area is 285 Å². The number of carbonyl (C=O) groups excluding carboxylic acids is 2. The average Bonchev–Trinajstić information content (AvgIpc) is 3.57. The van der Waals surface area contributed by atoms with E-state index in [2.05, 4.69) is 22.4 Å². The van der Waals surface area contributed by atoms with Crippen LogP contribution in [0, 0.1) is 22.7 Å². The van der Waals surface area contributed by atoms with E-state index in [1.54, 1.807) is 31.2 Å². The largest absolute Gasteiger partial charge is 0.490 e. The van der Waals surface area contributed by atoms with Crippen molar-refractivity contribution in [3.05, 3.63) is 75.8 Å². The van der Waals surface area contributed by atoms with Gasteiger partial charge in [0.15, 0.2) is 0 Å². The summed E-state index contributed by atoms with van der Waals surface area (Å²) < 4.78 is 10.6. The van der Waals surface area contributed by atoms with Crippen molar-refractivity contribution in [1.82, 2.24) is 15.3 Å². The molecule has 4 aromatic rings. The normalized spacial score (nSPS) is 10.2. The second-order valence-electron chi connectivity index (χ2n) is 9.38. The molecule has 15 heteroatoms. The standard InChI is InChI=1S/C28H22ClN5O3S2.C4H11N3O/c1-2-24(35)37-12-11-36-21-9-5-17(6-10-21)25-22(13-30)26(32)34-28(23(25)14-31)39-16-20-15-38-27(33-20)18-3-7-19(29)8-4-18;5-1-2-7-4(8)3-6/h3-10,15H,2,11-12,16H2,1H3,(H2,32,34);1-3,5-6H2,(H,7,8). The molecule has 2 aromatic carbocycles. The molecule has 4 rings (SSSR count). The third kappa shape index (κ3) is 11.0. The maximum Gasteiger partial charge on any atom is 0.305 e. The molecule has 0 saturated heterocycles. The highest BCUT2D eigenvalue weighted by molar-refractivity contribution is 7.98. The Kier molecular flexibility index (Phi) is 14.9. The molecule has 0 spiro atoms. The van der Waals surface area contributed by atoms with Gasteiger partial charge in [0.05, 0.1) is 17.8 Å². The molecule has 0 aliphatic rings. The first-order chi connectivity index (χ1) is 22.7. The molecule has 47 heavy (non-hydrogen) atoms. The first-order valence-corrected chi connectivity index (χ1v) is 16.5. The van der Waals surface area contributed by atoms with Gasteiger partial charge in [0.2, 0.25) is 5.91 Å². The zero-order valence-electron chi connectivity index (χ0n) is 25.5. The van der Waals surface area contributed by atoms with Gasteiger partial charge in [0.1, 0.15) is 52.5 Å². The number of thiazole rings is 1. The molecule has 2 heterocycles. The molecule has 0 radical (unpaired) electrons. The predicted molar refractivity (Wildman–Crippen MR) is 183 cm³/mol. The molecular formula is C32H33ClN8O4S2. The van der Waals surface area contributed by atoms with Crippen molar-refractivity contribution in [1.29, 1.82) is 10.5 Å². The fourth-order valence-corrected chi connectivity index (χ4v) is 5.80. The molecule has 0 unspecified atom stereocenters. The monoisotopic (exact) mass is 692 g/mol. The minimum absolute atomic E-state index is 0.0417. The highest BCUT2D eigenvalue weighted by Crippen LogP contribution is 2.37. The summed E-state index contributed by atoms with van der Waals surface area (Å²) in [7, 11) is 0. The molecule has 0 atom stereocenters. The Balaban J connectivity index is 0.000000665.